The first kappa shape index (κ1) is 20.4. The normalized spacial score (nSPS) is 11.0. The SMILES string of the molecule is CCOc1ccccc1NC(=O)c1ccccc1NS(=O)(=O)c1ccc(C)cc1. The number of amides is 1. The molecule has 150 valence electrons. The highest BCUT2D eigenvalue weighted by atomic mass is 32.2. The van der Waals surface area contributed by atoms with Gasteiger partial charge in [0, 0.05) is 0 Å². The molecule has 0 unspecified atom stereocenters. The van der Waals surface area contributed by atoms with Gasteiger partial charge in [0.25, 0.3) is 15.9 Å². The molecule has 0 radical (unpaired) electrons. The van der Waals surface area contributed by atoms with Crippen molar-refractivity contribution in [3.8, 4) is 5.75 Å². The molecule has 29 heavy (non-hydrogen) atoms. The number of rotatable bonds is 7. The van der Waals surface area contributed by atoms with E-state index in [1.54, 1.807) is 54.6 Å². The molecule has 3 aromatic rings. The number of nitrogens with one attached hydrogen (secondary N) is 2. The van der Waals surface area contributed by atoms with E-state index in [1.807, 2.05) is 19.9 Å². The molecular formula is C22H22N2O4S. The van der Waals surface area contributed by atoms with E-state index in [1.165, 1.54) is 12.1 Å². The molecule has 0 heterocycles. The summed E-state index contributed by atoms with van der Waals surface area (Å²) in [6.07, 6.45) is 0. The number of hydrogen-bond acceptors (Lipinski definition) is 4. The number of carbonyl (C=O) groups is 1. The van der Waals surface area contributed by atoms with Gasteiger partial charge in [-0.2, -0.15) is 0 Å². The van der Waals surface area contributed by atoms with Crippen molar-refractivity contribution in [3.63, 3.8) is 0 Å². The van der Waals surface area contributed by atoms with E-state index in [4.69, 9.17) is 4.74 Å². The lowest BCUT2D eigenvalue weighted by atomic mass is 10.1. The van der Waals surface area contributed by atoms with Gasteiger partial charge >= 0.3 is 0 Å². The fourth-order valence-electron chi connectivity index (χ4n) is 2.73. The van der Waals surface area contributed by atoms with Crippen molar-refractivity contribution < 1.29 is 17.9 Å². The lowest BCUT2D eigenvalue weighted by molar-refractivity contribution is 0.102. The van der Waals surface area contributed by atoms with E-state index in [0.29, 0.717) is 18.0 Å². The maximum Gasteiger partial charge on any atom is 0.261 e. The molecule has 0 fully saturated rings. The number of para-hydroxylation sites is 3. The van der Waals surface area contributed by atoms with Crippen molar-refractivity contribution in [2.45, 2.75) is 18.7 Å². The van der Waals surface area contributed by atoms with Crippen LogP contribution in [0.2, 0.25) is 0 Å². The zero-order valence-corrected chi connectivity index (χ0v) is 17.0. The Labute approximate surface area is 170 Å². The van der Waals surface area contributed by atoms with E-state index >= 15 is 0 Å². The molecule has 0 bridgehead atoms. The van der Waals surface area contributed by atoms with Gasteiger partial charge in [-0.3, -0.25) is 9.52 Å². The molecule has 2 N–H and O–H groups in total. The second kappa shape index (κ2) is 8.79. The Hall–Kier alpha value is -3.32. The number of anilines is 2. The number of hydrogen-bond donors (Lipinski definition) is 2. The van der Waals surface area contributed by atoms with Crippen LogP contribution in [0.3, 0.4) is 0 Å². The molecule has 0 aromatic heterocycles. The number of carbonyl (C=O) groups excluding carboxylic acids is 1. The van der Waals surface area contributed by atoms with Crippen LogP contribution >= 0.6 is 0 Å². The van der Waals surface area contributed by atoms with E-state index in [0.717, 1.165) is 5.56 Å². The van der Waals surface area contributed by atoms with Crippen LogP contribution in [0.5, 0.6) is 5.75 Å². The summed E-state index contributed by atoms with van der Waals surface area (Å²) in [4.78, 5) is 13.0. The van der Waals surface area contributed by atoms with E-state index in [-0.39, 0.29) is 16.1 Å². The van der Waals surface area contributed by atoms with Gasteiger partial charge in [-0.1, -0.05) is 42.0 Å². The number of benzene rings is 3. The Bertz CT molecular complexity index is 1110. The molecule has 0 aliphatic heterocycles. The second-order valence-electron chi connectivity index (χ2n) is 6.35. The molecule has 3 rings (SSSR count). The van der Waals surface area contributed by atoms with Gasteiger partial charge in [0.15, 0.2) is 0 Å². The summed E-state index contributed by atoms with van der Waals surface area (Å²) in [5.74, 6) is 0.0976. The molecule has 3 aromatic carbocycles. The molecule has 6 nitrogen and oxygen atoms in total. The van der Waals surface area contributed by atoms with E-state index in [9.17, 15) is 13.2 Å². The third-order valence-corrected chi connectivity index (χ3v) is 5.56. The zero-order chi connectivity index (χ0) is 20.9. The lowest BCUT2D eigenvalue weighted by Crippen LogP contribution is -2.19. The molecule has 0 aliphatic carbocycles. The highest BCUT2D eigenvalue weighted by Crippen LogP contribution is 2.26. The largest absolute Gasteiger partial charge is 0.492 e. The predicted molar refractivity (Wildman–Crippen MR) is 114 cm³/mol. The highest BCUT2D eigenvalue weighted by Gasteiger charge is 2.19. The van der Waals surface area contributed by atoms with Crippen molar-refractivity contribution in [1.29, 1.82) is 0 Å². The first-order valence-corrected chi connectivity index (χ1v) is 10.6. The standard InChI is InChI=1S/C22H22N2O4S/c1-3-28-21-11-7-6-10-20(21)23-22(25)18-8-4-5-9-19(18)24-29(26,27)17-14-12-16(2)13-15-17/h4-15,24H,3H2,1-2H3,(H,23,25). The second-order valence-corrected chi connectivity index (χ2v) is 8.03. The summed E-state index contributed by atoms with van der Waals surface area (Å²) >= 11 is 0. The zero-order valence-electron chi connectivity index (χ0n) is 16.2. The van der Waals surface area contributed by atoms with Gasteiger partial charge in [-0.05, 0) is 50.2 Å². The minimum Gasteiger partial charge on any atom is -0.492 e. The van der Waals surface area contributed by atoms with Crippen LogP contribution in [0, 0.1) is 6.92 Å². The van der Waals surface area contributed by atoms with Crippen LogP contribution in [0.4, 0.5) is 11.4 Å². The third kappa shape index (κ3) is 4.94. The minimum atomic E-state index is -3.83. The average Bonchev–Trinajstić information content (AvgIpc) is 2.70. The van der Waals surface area contributed by atoms with E-state index in [2.05, 4.69) is 10.0 Å². The maximum absolute atomic E-state index is 12.9. The van der Waals surface area contributed by atoms with Crippen molar-refractivity contribution in [3.05, 3.63) is 83.9 Å². The van der Waals surface area contributed by atoms with Gasteiger partial charge in [-0.25, -0.2) is 8.42 Å². The molecule has 7 heteroatoms. The predicted octanol–water partition coefficient (Wildman–Crippen LogP) is 4.45. The Morgan fingerprint density at radius 2 is 1.52 bits per heavy atom. The van der Waals surface area contributed by atoms with Gasteiger partial charge < -0.3 is 10.1 Å². The number of sulfonamides is 1. The third-order valence-electron chi connectivity index (χ3n) is 4.18. The molecule has 0 spiro atoms. The molecule has 0 saturated carbocycles. The first-order chi connectivity index (χ1) is 13.9. The van der Waals surface area contributed by atoms with Gasteiger partial charge in [0.05, 0.1) is 28.4 Å². The molecule has 0 saturated heterocycles. The van der Waals surface area contributed by atoms with Gasteiger partial charge in [0.2, 0.25) is 0 Å². The highest BCUT2D eigenvalue weighted by molar-refractivity contribution is 7.92. The van der Waals surface area contributed by atoms with Gasteiger partial charge in [-0.15, -0.1) is 0 Å². The summed E-state index contributed by atoms with van der Waals surface area (Å²) in [5.41, 5.74) is 1.86. The monoisotopic (exact) mass is 410 g/mol. The fraction of sp³-hybridized carbons (Fsp3) is 0.136. The number of aryl methyl sites for hydroxylation is 1. The van der Waals surface area contributed by atoms with Crippen LogP contribution in [-0.2, 0) is 10.0 Å². The fourth-order valence-corrected chi connectivity index (χ4v) is 3.81. The summed E-state index contributed by atoms with van der Waals surface area (Å²) in [6, 6.07) is 20.0. The van der Waals surface area contributed by atoms with Crippen LogP contribution in [0.15, 0.2) is 77.7 Å². The molecule has 0 aliphatic rings. The van der Waals surface area contributed by atoms with Crippen LogP contribution in [-0.4, -0.2) is 20.9 Å². The number of ether oxygens (including phenoxy) is 1. The van der Waals surface area contributed by atoms with E-state index < -0.39 is 15.9 Å². The molecule has 0 atom stereocenters. The first-order valence-electron chi connectivity index (χ1n) is 9.12. The topological polar surface area (TPSA) is 84.5 Å². The molecule has 1 amide bonds. The van der Waals surface area contributed by atoms with Crippen molar-refractivity contribution in [1.82, 2.24) is 0 Å². The quantitative estimate of drug-likeness (QED) is 0.603. The smallest absolute Gasteiger partial charge is 0.261 e. The van der Waals surface area contributed by atoms with Gasteiger partial charge in [0.1, 0.15) is 5.75 Å². The Kier molecular flexibility index (Phi) is 6.19. The Morgan fingerprint density at radius 1 is 0.897 bits per heavy atom. The average molecular weight is 410 g/mol. The van der Waals surface area contributed by atoms with Crippen molar-refractivity contribution >= 4 is 27.3 Å². The summed E-state index contributed by atoms with van der Waals surface area (Å²) < 4.78 is 33.5. The van der Waals surface area contributed by atoms with Crippen molar-refractivity contribution in [2.24, 2.45) is 0 Å². The Morgan fingerprint density at radius 3 is 2.21 bits per heavy atom. The van der Waals surface area contributed by atoms with Crippen molar-refractivity contribution in [2.75, 3.05) is 16.6 Å². The van der Waals surface area contributed by atoms with Crippen LogP contribution < -0.4 is 14.8 Å². The summed E-state index contributed by atoms with van der Waals surface area (Å²) in [6.45, 7) is 4.19. The Balaban J connectivity index is 1.87. The van der Waals surface area contributed by atoms with Crippen LogP contribution in [0.25, 0.3) is 0 Å². The van der Waals surface area contributed by atoms with Crippen LogP contribution in [0.1, 0.15) is 22.8 Å². The minimum absolute atomic E-state index is 0.125. The molecular weight excluding hydrogens is 388 g/mol. The summed E-state index contributed by atoms with van der Waals surface area (Å²) in [7, 11) is -3.83. The summed E-state index contributed by atoms with van der Waals surface area (Å²) in [5, 5.41) is 2.79. The maximum atomic E-state index is 12.9. The lowest BCUT2D eigenvalue weighted by Gasteiger charge is -2.14.